The van der Waals surface area contributed by atoms with Crippen molar-refractivity contribution in [3.05, 3.63) is 66.4 Å². The Balaban J connectivity index is 1.88. The molecule has 4 nitrogen and oxygen atoms in total. The van der Waals surface area contributed by atoms with E-state index in [9.17, 15) is 0 Å². The third-order valence-electron chi connectivity index (χ3n) is 3.98. The number of benzene rings is 1. The van der Waals surface area contributed by atoms with Crippen molar-refractivity contribution < 1.29 is 0 Å². The maximum absolute atomic E-state index is 4.34. The summed E-state index contributed by atoms with van der Waals surface area (Å²) in [6, 6.07) is 10.5. The van der Waals surface area contributed by atoms with Crippen molar-refractivity contribution in [2.75, 3.05) is 6.54 Å². The first-order valence-corrected chi connectivity index (χ1v) is 7.18. The highest BCUT2D eigenvalue weighted by atomic mass is 15.1. The Labute approximate surface area is 123 Å². The Morgan fingerprint density at radius 2 is 2.05 bits per heavy atom. The molecule has 3 aromatic rings. The molecule has 0 saturated carbocycles. The van der Waals surface area contributed by atoms with E-state index in [0.29, 0.717) is 0 Å². The van der Waals surface area contributed by atoms with Gasteiger partial charge in [0.05, 0.1) is 23.9 Å². The van der Waals surface area contributed by atoms with Gasteiger partial charge in [0.15, 0.2) is 0 Å². The lowest BCUT2D eigenvalue weighted by Gasteiger charge is -2.21. The summed E-state index contributed by atoms with van der Waals surface area (Å²) in [6.07, 6.45) is 8.53. The number of imidazole rings is 1. The largest absolute Gasteiger partial charge is 0.312 e. The molecular formula is C17H16N4. The summed E-state index contributed by atoms with van der Waals surface area (Å²) >= 11 is 0. The highest BCUT2D eigenvalue weighted by Gasteiger charge is 2.15. The minimum Gasteiger partial charge on any atom is -0.312 e. The molecule has 4 heteroatoms. The molecule has 1 aliphatic heterocycles. The van der Waals surface area contributed by atoms with Crippen LogP contribution in [0.15, 0.2) is 55.2 Å². The molecule has 1 aliphatic rings. The predicted octanol–water partition coefficient (Wildman–Crippen LogP) is 2.58. The first-order chi connectivity index (χ1) is 10.4. The van der Waals surface area contributed by atoms with Crippen LogP contribution in [0.3, 0.4) is 0 Å². The van der Waals surface area contributed by atoms with E-state index in [1.807, 2.05) is 24.8 Å². The number of rotatable bonds is 2. The Morgan fingerprint density at radius 3 is 2.95 bits per heavy atom. The summed E-state index contributed by atoms with van der Waals surface area (Å²) in [5.74, 6) is 0. The van der Waals surface area contributed by atoms with Gasteiger partial charge in [-0.2, -0.15) is 0 Å². The maximum atomic E-state index is 4.34. The van der Waals surface area contributed by atoms with Crippen LogP contribution < -0.4 is 5.32 Å². The minimum atomic E-state index is 0.913. The Bertz CT molecular complexity index is 761. The van der Waals surface area contributed by atoms with E-state index in [-0.39, 0.29) is 0 Å². The molecular weight excluding hydrogens is 260 g/mol. The van der Waals surface area contributed by atoms with Crippen molar-refractivity contribution in [1.82, 2.24) is 19.9 Å². The molecule has 104 valence electrons. The first-order valence-electron chi connectivity index (χ1n) is 7.18. The lowest BCUT2D eigenvalue weighted by Crippen LogP contribution is -2.25. The average Bonchev–Trinajstić information content (AvgIpc) is 3.04. The molecule has 0 bridgehead atoms. The molecule has 0 fully saturated rings. The number of pyridine rings is 1. The Morgan fingerprint density at radius 1 is 1.05 bits per heavy atom. The summed E-state index contributed by atoms with van der Waals surface area (Å²) in [7, 11) is 0. The standard InChI is InChI=1S/C17H16N4/c1-3-13-6-8-19-10-15(13)16(5-1)21-12-20-11-17(21)14-4-2-7-18-9-14/h1-5,7,9,11-12,19H,6,8,10H2. The van der Waals surface area contributed by atoms with E-state index in [1.165, 1.54) is 16.8 Å². The van der Waals surface area contributed by atoms with Crippen molar-refractivity contribution in [3.63, 3.8) is 0 Å². The molecule has 1 N–H and O–H groups in total. The zero-order valence-electron chi connectivity index (χ0n) is 11.7. The predicted molar refractivity (Wildman–Crippen MR) is 82.2 cm³/mol. The summed E-state index contributed by atoms with van der Waals surface area (Å²) in [5, 5.41) is 3.46. The van der Waals surface area contributed by atoms with Crippen LogP contribution in [-0.2, 0) is 13.0 Å². The fourth-order valence-corrected chi connectivity index (χ4v) is 2.94. The van der Waals surface area contributed by atoms with Crippen molar-refractivity contribution >= 4 is 0 Å². The van der Waals surface area contributed by atoms with Crippen LogP contribution in [0.2, 0.25) is 0 Å². The average molecular weight is 276 g/mol. The van der Waals surface area contributed by atoms with Gasteiger partial charge in [-0.1, -0.05) is 12.1 Å². The number of nitrogens with zero attached hydrogens (tertiary/aromatic N) is 3. The molecule has 0 atom stereocenters. The topological polar surface area (TPSA) is 42.7 Å². The van der Waals surface area contributed by atoms with E-state index in [0.717, 1.165) is 30.8 Å². The second kappa shape index (κ2) is 5.14. The zero-order valence-corrected chi connectivity index (χ0v) is 11.7. The maximum Gasteiger partial charge on any atom is 0.0997 e. The van der Waals surface area contributed by atoms with Crippen LogP contribution in [-0.4, -0.2) is 21.1 Å². The molecule has 0 unspecified atom stereocenters. The van der Waals surface area contributed by atoms with Gasteiger partial charge in [0, 0.05) is 24.5 Å². The zero-order chi connectivity index (χ0) is 14.1. The third-order valence-corrected chi connectivity index (χ3v) is 3.98. The van der Waals surface area contributed by atoms with Gasteiger partial charge in [-0.15, -0.1) is 0 Å². The van der Waals surface area contributed by atoms with Crippen LogP contribution in [0.4, 0.5) is 0 Å². The van der Waals surface area contributed by atoms with E-state index in [2.05, 4.69) is 44.1 Å². The van der Waals surface area contributed by atoms with Gasteiger partial charge >= 0.3 is 0 Å². The first kappa shape index (κ1) is 12.3. The summed E-state index contributed by atoms with van der Waals surface area (Å²) in [6.45, 7) is 1.96. The van der Waals surface area contributed by atoms with E-state index in [1.54, 1.807) is 6.20 Å². The SMILES string of the molecule is c1cncc(-c2cncn2-c2cccc3c2CNCC3)c1. The lowest BCUT2D eigenvalue weighted by atomic mass is 9.99. The Hall–Kier alpha value is -2.46. The number of hydrogen-bond acceptors (Lipinski definition) is 3. The third kappa shape index (κ3) is 2.14. The second-order valence-corrected chi connectivity index (χ2v) is 5.23. The van der Waals surface area contributed by atoms with Crippen LogP contribution in [0.5, 0.6) is 0 Å². The van der Waals surface area contributed by atoms with Crippen molar-refractivity contribution in [1.29, 1.82) is 0 Å². The van der Waals surface area contributed by atoms with Crippen molar-refractivity contribution in [2.24, 2.45) is 0 Å². The van der Waals surface area contributed by atoms with E-state index >= 15 is 0 Å². The van der Waals surface area contributed by atoms with Gasteiger partial charge in [-0.05, 0) is 42.3 Å². The summed E-state index contributed by atoms with van der Waals surface area (Å²) < 4.78 is 2.16. The van der Waals surface area contributed by atoms with Crippen molar-refractivity contribution in [2.45, 2.75) is 13.0 Å². The smallest absolute Gasteiger partial charge is 0.0997 e. The monoisotopic (exact) mass is 276 g/mol. The highest BCUT2D eigenvalue weighted by Crippen LogP contribution is 2.27. The van der Waals surface area contributed by atoms with Crippen LogP contribution in [0.25, 0.3) is 16.9 Å². The van der Waals surface area contributed by atoms with Crippen LogP contribution >= 0.6 is 0 Å². The molecule has 0 amide bonds. The molecule has 0 radical (unpaired) electrons. The van der Waals surface area contributed by atoms with Gasteiger partial charge in [-0.25, -0.2) is 4.98 Å². The Kier molecular flexibility index (Phi) is 3.01. The number of fused-ring (bicyclic) bond motifs is 1. The van der Waals surface area contributed by atoms with Crippen LogP contribution in [0.1, 0.15) is 11.1 Å². The summed E-state index contributed by atoms with van der Waals surface area (Å²) in [4.78, 5) is 8.55. The summed E-state index contributed by atoms with van der Waals surface area (Å²) in [5.41, 5.74) is 6.15. The van der Waals surface area contributed by atoms with Crippen molar-refractivity contribution in [3.8, 4) is 16.9 Å². The quantitative estimate of drug-likeness (QED) is 0.782. The van der Waals surface area contributed by atoms with Gasteiger partial charge in [0.25, 0.3) is 0 Å². The van der Waals surface area contributed by atoms with Gasteiger partial charge in [0.1, 0.15) is 0 Å². The molecule has 0 spiro atoms. The van der Waals surface area contributed by atoms with E-state index in [4.69, 9.17) is 0 Å². The molecule has 3 heterocycles. The van der Waals surface area contributed by atoms with Gasteiger partial charge < -0.3 is 5.32 Å². The fourth-order valence-electron chi connectivity index (χ4n) is 2.94. The molecule has 2 aromatic heterocycles. The minimum absolute atomic E-state index is 0.913. The lowest BCUT2D eigenvalue weighted by molar-refractivity contribution is 0.640. The number of aromatic nitrogens is 3. The van der Waals surface area contributed by atoms with Gasteiger partial charge in [-0.3, -0.25) is 9.55 Å². The van der Waals surface area contributed by atoms with Gasteiger partial charge in [0.2, 0.25) is 0 Å². The molecule has 0 aliphatic carbocycles. The second-order valence-electron chi connectivity index (χ2n) is 5.23. The molecule has 0 saturated heterocycles. The van der Waals surface area contributed by atoms with E-state index < -0.39 is 0 Å². The molecule has 1 aromatic carbocycles. The number of nitrogens with one attached hydrogen (secondary N) is 1. The normalized spacial score (nSPS) is 13.9. The molecule has 4 rings (SSSR count). The van der Waals surface area contributed by atoms with Crippen LogP contribution in [0, 0.1) is 0 Å². The fraction of sp³-hybridized carbons (Fsp3) is 0.176. The highest BCUT2D eigenvalue weighted by molar-refractivity contribution is 5.62. The molecule has 21 heavy (non-hydrogen) atoms. The number of hydrogen-bond donors (Lipinski definition) is 1.